The summed E-state index contributed by atoms with van der Waals surface area (Å²) in [5.41, 5.74) is 2.18. The lowest BCUT2D eigenvalue weighted by Gasteiger charge is -1.98. The highest BCUT2D eigenvalue weighted by atomic mass is 35.5. The Balaban J connectivity index is 2.55. The van der Waals surface area contributed by atoms with Crippen molar-refractivity contribution in [3.63, 3.8) is 0 Å². The van der Waals surface area contributed by atoms with Crippen LogP contribution in [0.3, 0.4) is 0 Å². The first-order valence-electron chi connectivity index (χ1n) is 3.87. The first kappa shape index (κ1) is 7.62. The van der Waals surface area contributed by atoms with Gasteiger partial charge in [0.1, 0.15) is 0 Å². The molecule has 0 saturated heterocycles. The standard InChI is InChI=1S/C9H9ClN2/c10-5-6-12-7-11-8-3-1-2-4-9(8)12/h1-4,7H,5-6H2. The summed E-state index contributed by atoms with van der Waals surface area (Å²) < 4.78 is 2.06. The van der Waals surface area contributed by atoms with Crippen LogP contribution in [0, 0.1) is 0 Å². The number of aryl methyl sites for hydroxylation is 1. The Hall–Kier alpha value is -1.02. The predicted molar refractivity (Wildman–Crippen MR) is 50.5 cm³/mol. The fourth-order valence-electron chi connectivity index (χ4n) is 1.28. The van der Waals surface area contributed by atoms with E-state index in [0.717, 1.165) is 17.6 Å². The predicted octanol–water partition coefficient (Wildman–Crippen LogP) is 2.28. The second kappa shape index (κ2) is 3.15. The maximum absolute atomic E-state index is 5.64. The molecule has 2 rings (SSSR count). The zero-order chi connectivity index (χ0) is 8.39. The normalized spacial score (nSPS) is 10.8. The smallest absolute Gasteiger partial charge is 0.0958 e. The van der Waals surface area contributed by atoms with E-state index in [4.69, 9.17) is 11.6 Å². The summed E-state index contributed by atoms with van der Waals surface area (Å²) in [5.74, 6) is 0.625. The van der Waals surface area contributed by atoms with Crippen LogP contribution in [0.2, 0.25) is 0 Å². The van der Waals surface area contributed by atoms with E-state index in [1.807, 2.05) is 24.5 Å². The Labute approximate surface area is 75.8 Å². The molecule has 0 unspecified atom stereocenters. The quantitative estimate of drug-likeness (QED) is 0.649. The summed E-state index contributed by atoms with van der Waals surface area (Å²) in [6, 6.07) is 8.05. The molecule has 0 saturated carbocycles. The number of nitrogens with zero attached hydrogens (tertiary/aromatic N) is 2. The van der Waals surface area contributed by atoms with Gasteiger partial charge in [0.25, 0.3) is 0 Å². The molecule has 0 aliphatic carbocycles. The molecule has 0 aliphatic heterocycles. The van der Waals surface area contributed by atoms with E-state index >= 15 is 0 Å². The molecule has 0 atom stereocenters. The first-order valence-corrected chi connectivity index (χ1v) is 4.41. The molecule has 0 amide bonds. The number of benzene rings is 1. The third-order valence-corrected chi connectivity index (χ3v) is 2.02. The first-order chi connectivity index (χ1) is 5.92. The zero-order valence-corrected chi connectivity index (χ0v) is 7.33. The maximum Gasteiger partial charge on any atom is 0.0958 e. The van der Waals surface area contributed by atoms with Crippen LogP contribution >= 0.6 is 11.6 Å². The number of rotatable bonds is 2. The number of aromatic nitrogens is 2. The highest BCUT2D eigenvalue weighted by Crippen LogP contribution is 2.11. The van der Waals surface area contributed by atoms with E-state index in [-0.39, 0.29) is 0 Å². The maximum atomic E-state index is 5.64. The molecule has 0 N–H and O–H groups in total. The monoisotopic (exact) mass is 180 g/mol. The van der Waals surface area contributed by atoms with Crippen molar-refractivity contribution in [2.24, 2.45) is 0 Å². The van der Waals surface area contributed by atoms with Gasteiger partial charge in [0.2, 0.25) is 0 Å². The summed E-state index contributed by atoms with van der Waals surface area (Å²) in [6.07, 6.45) is 1.83. The van der Waals surface area contributed by atoms with Gasteiger partial charge < -0.3 is 4.57 Å². The van der Waals surface area contributed by atoms with Crippen LogP contribution in [0.15, 0.2) is 30.6 Å². The van der Waals surface area contributed by atoms with E-state index in [0.29, 0.717) is 5.88 Å². The van der Waals surface area contributed by atoms with Crippen molar-refractivity contribution < 1.29 is 0 Å². The lowest BCUT2D eigenvalue weighted by Crippen LogP contribution is -1.95. The Morgan fingerprint density at radius 2 is 2.17 bits per heavy atom. The van der Waals surface area contributed by atoms with Gasteiger partial charge in [0.15, 0.2) is 0 Å². The van der Waals surface area contributed by atoms with Gasteiger partial charge in [0.05, 0.1) is 17.4 Å². The molecular weight excluding hydrogens is 172 g/mol. The van der Waals surface area contributed by atoms with Crippen LogP contribution in [-0.4, -0.2) is 15.4 Å². The molecular formula is C9H9ClN2. The Kier molecular flexibility index (Phi) is 2.00. The SMILES string of the molecule is ClCCn1cnc2ccccc21. The van der Waals surface area contributed by atoms with Crippen LogP contribution in [0.25, 0.3) is 11.0 Å². The lowest BCUT2D eigenvalue weighted by atomic mass is 10.3. The van der Waals surface area contributed by atoms with Gasteiger partial charge in [0, 0.05) is 12.4 Å². The van der Waals surface area contributed by atoms with Gasteiger partial charge in [-0.3, -0.25) is 0 Å². The molecule has 0 fully saturated rings. The van der Waals surface area contributed by atoms with Gasteiger partial charge in [-0.05, 0) is 12.1 Å². The third kappa shape index (κ3) is 1.18. The van der Waals surface area contributed by atoms with Crippen LogP contribution in [0.4, 0.5) is 0 Å². The third-order valence-electron chi connectivity index (χ3n) is 1.85. The zero-order valence-electron chi connectivity index (χ0n) is 6.57. The molecule has 2 aromatic rings. The largest absolute Gasteiger partial charge is 0.329 e. The molecule has 1 aromatic carbocycles. The van der Waals surface area contributed by atoms with E-state index < -0.39 is 0 Å². The minimum absolute atomic E-state index is 0.625. The van der Waals surface area contributed by atoms with Crippen molar-refractivity contribution in [3.05, 3.63) is 30.6 Å². The van der Waals surface area contributed by atoms with Crippen LogP contribution in [0.1, 0.15) is 0 Å². The van der Waals surface area contributed by atoms with Gasteiger partial charge >= 0.3 is 0 Å². The van der Waals surface area contributed by atoms with Crippen LogP contribution < -0.4 is 0 Å². The number of halogens is 1. The summed E-state index contributed by atoms with van der Waals surface area (Å²) >= 11 is 5.64. The molecule has 62 valence electrons. The number of hydrogen-bond acceptors (Lipinski definition) is 1. The van der Waals surface area contributed by atoms with Crippen molar-refractivity contribution in [1.82, 2.24) is 9.55 Å². The number of fused-ring (bicyclic) bond motifs is 1. The summed E-state index contributed by atoms with van der Waals surface area (Å²) in [7, 11) is 0. The average molecular weight is 181 g/mol. The van der Waals surface area contributed by atoms with E-state index in [1.165, 1.54) is 0 Å². The lowest BCUT2D eigenvalue weighted by molar-refractivity contribution is 0.793. The molecule has 0 radical (unpaired) electrons. The molecule has 1 aromatic heterocycles. The summed E-state index contributed by atoms with van der Waals surface area (Å²) in [6.45, 7) is 0.821. The number of para-hydroxylation sites is 2. The topological polar surface area (TPSA) is 17.8 Å². The molecule has 2 nitrogen and oxygen atoms in total. The number of alkyl halides is 1. The van der Waals surface area contributed by atoms with Gasteiger partial charge in [-0.1, -0.05) is 12.1 Å². The van der Waals surface area contributed by atoms with E-state index in [9.17, 15) is 0 Å². The summed E-state index contributed by atoms with van der Waals surface area (Å²) in [4.78, 5) is 4.24. The highest BCUT2D eigenvalue weighted by molar-refractivity contribution is 6.17. The highest BCUT2D eigenvalue weighted by Gasteiger charge is 1.98. The van der Waals surface area contributed by atoms with Crippen molar-refractivity contribution in [2.75, 3.05) is 5.88 Å². The Bertz CT molecular complexity index is 381. The van der Waals surface area contributed by atoms with E-state index in [2.05, 4.69) is 15.6 Å². The summed E-state index contributed by atoms with van der Waals surface area (Å²) in [5, 5.41) is 0. The minimum Gasteiger partial charge on any atom is -0.329 e. The Morgan fingerprint density at radius 3 is 3.00 bits per heavy atom. The van der Waals surface area contributed by atoms with E-state index in [1.54, 1.807) is 0 Å². The fraction of sp³-hybridized carbons (Fsp3) is 0.222. The van der Waals surface area contributed by atoms with Crippen molar-refractivity contribution in [2.45, 2.75) is 6.54 Å². The minimum atomic E-state index is 0.625. The molecule has 1 heterocycles. The number of imidazole rings is 1. The van der Waals surface area contributed by atoms with Gasteiger partial charge in [-0.2, -0.15) is 0 Å². The van der Waals surface area contributed by atoms with Crippen molar-refractivity contribution in [3.8, 4) is 0 Å². The van der Waals surface area contributed by atoms with Gasteiger partial charge in [-0.15, -0.1) is 11.6 Å². The molecule has 3 heteroatoms. The van der Waals surface area contributed by atoms with Crippen molar-refractivity contribution >= 4 is 22.6 Å². The Morgan fingerprint density at radius 1 is 1.33 bits per heavy atom. The second-order valence-electron chi connectivity index (χ2n) is 2.62. The molecule has 12 heavy (non-hydrogen) atoms. The molecule has 0 bridgehead atoms. The van der Waals surface area contributed by atoms with Crippen LogP contribution in [0.5, 0.6) is 0 Å². The average Bonchev–Trinajstić information content (AvgIpc) is 2.50. The van der Waals surface area contributed by atoms with Crippen molar-refractivity contribution in [1.29, 1.82) is 0 Å². The fourth-order valence-corrected chi connectivity index (χ4v) is 1.46. The van der Waals surface area contributed by atoms with Crippen LogP contribution in [-0.2, 0) is 6.54 Å². The number of hydrogen-bond donors (Lipinski definition) is 0. The molecule has 0 spiro atoms. The molecule has 0 aliphatic rings. The van der Waals surface area contributed by atoms with Gasteiger partial charge in [-0.25, -0.2) is 4.98 Å². The second-order valence-corrected chi connectivity index (χ2v) is 2.99.